The minimum Gasteiger partial charge on any atom is -0.349 e. The second-order valence-electron chi connectivity index (χ2n) is 5.59. The van der Waals surface area contributed by atoms with Gasteiger partial charge < -0.3 is 15.5 Å². The molecule has 8 nitrogen and oxygen atoms in total. The molecule has 2 N–H and O–H groups in total. The maximum atomic E-state index is 12.1. The van der Waals surface area contributed by atoms with Crippen LogP contribution in [-0.2, 0) is 14.4 Å². The number of hydrogen-bond donors (Lipinski definition) is 2. The maximum Gasteiger partial charge on any atom is 0.325 e. The summed E-state index contributed by atoms with van der Waals surface area (Å²) in [7, 11) is 0. The van der Waals surface area contributed by atoms with Crippen LogP contribution in [0.15, 0.2) is 24.3 Å². The van der Waals surface area contributed by atoms with E-state index in [9.17, 15) is 19.2 Å². The fourth-order valence-corrected chi connectivity index (χ4v) is 2.83. The Balaban J connectivity index is 1.58. The summed E-state index contributed by atoms with van der Waals surface area (Å²) in [6, 6.07) is 5.89. The number of benzene rings is 1. The van der Waals surface area contributed by atoms with Crippen LogP contribution in [-0.4, -0.2) is 54.3 Å². The van der Waals surface area contributed by atoms with Gasteiger partial charge in [0, 0.05) is 23.7 Å². The van der Waals surface area contributed by atoms with E-state index in [2.05, 4.69) is 10.6 Å². The molecule has 0 spiro atoms. The number of carbonyl (C=O) groups excluding carboxylic acids is 4. The molecule has 1 unspecified atom stereocenters. The number of anilines is 1. The van der Waals surface area contributed by atoms with Gasteiger partial charge in [0.1, 0.15) is 6.54 Å². The molecule has 2 aliphatic heterocycles. The lowest BCUT2D eigenvalue weighted by Gasteiger charge is -2.18. The van der Waals surface area contributed by atoms with E-state index >= 15 is 0 Å². The number of amides is 5. The van der Waals surface area contributed by atoms with Gasteiger partial charge in [-0.3, -0.25) is 19.3 Å². The molecule has 5 amide bonds. The number of halogens is 1. The first-order chi connectivity index (χ1) is 11.4. The summed E-state index contributed by atoms with van der Waals surface area (Å²) in [6.45, 7) is -0.124. The molecule has 0 radical (unpaired) electrons. The highest BCUT2D eigenvalue weighted by atomic mass is 35.5. The molecule has 0 bridgehead atoms. The molecule has 2 aliphatic rings. The third-order valence-corrected chi connectivity index (χ3v) is 4.12. The monoisotopic (exact) mass is 350 g/mol. The maximum absolute atomic E-state index is 12.1. The van der Waals surface area contributed by atoms with Crippen molar-refractivity contribution >= 4 is 41.0 Å². The third-order valence-electron chi connectivity index (χ3n) is 3.87. The van der Waals surface area contributed by atoms with Gasteiger partial charge in [0.05, 0.1) is 12.6 Å². The Hall–Kier alpha value is -2.61. The van der Waals surface area contributed by atoms with Crippen molar-refractivity contribution in [3.8, 4) is 0 Å². The molecule has 2 saturated heterocycles. The van der Waals surface area contributed by atoms with Gasteiger partial charge in [0.25, 0.3) is 5.91 Å². The van der Waals surface area contributed by atoms with Crippen molar-refractivity contribution < 1.29 is 19.2 Å². The average Bonchev–Trinajstić information content (AvgIpc) is 3.05. The van der Waals surface area contributed by atoms with Gasteiger partial charge in [-0.05, 0) is 24.3 Å². The normalized spacial score (nSPS) is 20.5. The fraction of sp³-hybridized carbons (Fsp3) is 0.333. The van der Waals surface area contributed by atoms with E-state index in [4.69, 9.17) is 11.6 Å². The molecule has 0 aliphatic carbocycles. The molecule has 2 fully saturated rings. The van der Waals surface area contributed by atoms with E-state index in [0.717, 1.165) is 4.90 Å². The Morgan fingerprint density at radius 3 is 2.54 bits per heavy atom. The van der Waals surface area contributed by atoms with Crippen molar-refractivity contribution in [3.63, 3.8) is 0 Å². The minimum absolute atomic E-state index is 0.0988. The number of carbonyl (C=O) groups is 4. The highest BCUT2D eigenvalue weighted by Gasteiger charge is 2.34. The summed E-state index contributed by atoms with van der Waals surface area (Å²) in [5, 5.41) is 5.60. The largest absolute Gasteiger partial charge is 0.349 e. The van der Waals surface area contributed by atoms with Crippen LogP contribution in [0.25, 0.3) is 0 Å². The summed E-state index contributed by atoms with van der Waals surface area (Å²) in [5.74, 6) is -1.03. The molecule has 0 aromatic heterocycles. The Morgan fingerprint density at radius 2 is 1.92 bits per heavy atom. The lowest BCUT2D eigenvalue weighted by atomic mass is 10.2. The highest BCUT2D eigenvalue weighted by molar-refractivity contribution is 6.30. The molecule has 3 rings (SSSR count). The molecule has 9 heteroatoms. The Bertz CT molecular complexity index is 690. The number of imide groups is 1. The van der Waals surface area contributed by atoms with E-state index in [0.29, 0.717) is 17.3 Å². The summed E-state index contributed by atoms with van der Waals surface area (Å²) in [4.78, 5) is 49.4. The quantitative estimate of drug-likeness (QED) is 0.753. The zero-order valence-corrected chi connectivity index (χ0v) is 13.4. The fourth-order valence-electron chi connectivity index (χ4n) is 2.71. The molecule has 1 atom stereocenters. The van der Waals surface area contributed by atoms with Gasteiger partial charge >= 0.3 is 6.03 Å². The predicted molar refractivity (Wildman–Crippen MR) is 85.5 cm³/mol. The highest BCUT2D eigenvalue weighted by Crippen LogP contribution is 2.23. The number of hydrogen-bond acceptors (Lipinski definition) is 4. The SMILES string of the molecule is O=C(CN1C(=O)CNC1=O)NC1CC(=O)N(c2ccc(Cl)cc2)C1. The summed E-state index contributed by atoms with van der Waals surface area (Å²) >= 11 is 5.83. The van der Waals surface area contributed by atoms with Crippen LogP contribution in [0.5, 0.6) is 0 Å². The van der Waals surface area contributed by atoms with Crippen molar-refractivity contribution in [1.82, 2.24) is 15.5 Å². The van der Waals surface area contributed by atoms with Gasteiger partial charge in [-0.25, -0.2) is 4.79 Å². The van der Waals surface area contributed by atoms with Crippen molar-refractivity contribution in [1.29, 1.82) is 0 Å². The van der Waals surface area contributed by atoms with Crippen LogP contribution in [0.4, 0.5) is 10.5 Å². The number of nitrogens with one attached hydrogen (secondary N) is 2. The number of rotatable bonds is 4. The zero-order valence-electron chi connectivity index (χ0n) is 12.6. The molecular formula is C15H15ClN4O4. The van der Waals surface area contributed by atoms with E-state index in [1.807, 2.05) is 0 Å². The summed E-state index contributed by atoms with van der Waals surface area (Å²) in [6.07, 6.45) is 0.161. The molecular weight excluding hydrogens is 336 g/mol. The van der Waals surface area contributed by atoms with E-state index in [-0.39, 0.29) is 31.5 Å². The van der Waals surface area contributed by atoms with Crippen molar-refractivity contribution in [2.75, 3.05) is 24.5 Å². The van der Waals surface area contributed by atoms with Gasteiger partial charge in [0.2, 0.25) is 11.8 Å². The van der Waals surface area contributed by atoms with Gasteiger partial charge in [0.15, 0.2) is 0 Å². The Morgan fingerprint density at radius 1 is 1.21 bits per heavy atom. The predicted octanol–water partition coefficient (Wildman–Crippen LogP) is 0.113. The first kappa shape index (κ1) is 16.3. The number of urea groups is 1. The number of nitrogens with zero attached hydrogens (tertiary/aromatic N) is 2. The smallest absolute Gasteiger partial charge is 0.325 e. The molecule has 0 saturated carbocycles. The lowest BCUT2D eigenvalue weighted by Crippen LogP contribution is -2.45. The van der Waals surface area contributed by atoms with Crippen molar-refractivity contribution in [2.45, 2.75) is 12.5 Å². The van der Waals surface area contributed by atoms with Crippen LogP contribution < -0.4 is 15.5 Å². The third kappa shape index (κ3) is 3.33. The Labute approximate surface area is 142 Å². The second kappa shape index (κ2) is 6.48. The molecule has 1 aromatic carbocycles. The van der Waals surface area contributed by atoms with Gasteiger partial charge in [-0.15, -0.1) is 0 Å². The zero-order chi connectivity index (χ0) is 17.3. The first-order valence-corrected chi connectivity index (χ1v) is 7.75. The molecule has 126 valence electrons. The van der Waals surface area contributed by atoms with E-state index in [1.54, 1.807) is 29.2 Å². The molecule has 1 aromatic rings. The van der Waals surface area contributed by atoms with Crippen LogP contribution in [0.3, 0.4) is 0 Å². The standard InChI is InChI=1S/C15H15ClN4O4/c16-9-1-3-11(4-2-9)19-7-10(5-13(19)22)18-12(21)8-20-14(23)6-17-15(20)24/h1-4,10H,5-8H2,(H,17,24)(H,18,21). The first-order valence-electron chi connectivity index (χ1n) is 7.37. The minimum atomic E-state index is -0.583. The second-order valence-corrected chi connectivity index (χ2v) is 6.02. The van der Waals surface area contributed by atoms with Crippen molar-refractivity contribution in [3.05, 3.63) is 29.3 Å². The van der Waals surface area contributed by atoms with Gasteiger partial charge in [-0.2, -0.15) is 0 Å². The molecule has 2 heterocycles. The van der Waals surface area contributed by atoms with E-state index < -0.39 is 17.8 Å². The van der Waals surface area contributed by atoms with Crippen LogP contribution >= 0.6 is 11.6 Å². The lowest BCUT2D eigenvalue weighted by molar-refractivity contribution is -0.131. The van der Waals surface area contributed by atoms with Gasteiger partial charge in [-0.1, -0.05) is 11.6 Å². The molecule has 24 heavy (non-hydrogen) atoms. The van der Waals surface area contributed by atoms with Crippen molar-refractivity contribution in [2.24, 2.45) is 0 Å². The summed E-state index contributed by atoms with van der Waals surface area (Å²) in [5.41, 5.74) is 0.704. The van der Waals surface area contributed by atoms with Crippen LogP contribution in [0, 0.1) is 0 Å². The topological polar surface area (TPSA) is 98.8 Å². The average molecular weight is 351 g/mol. The van der Waals surface area contributed by atoms with Crippen LogP contribution in [0.2, 0.25) is 5.02 Å². The summed E-state index contributed by atoms with van der Waals surface area (Å²) < 4.78 is 0. The van der Waals surface area contributed by atoms with Crippen LogP contribution in [0.1, 0.15) is 6.42 Å². The Kier molecular flexibility index (Phi) is 4.39. The van der Waals surface area contributed by atoms with E-state index in [1.165, 1.54) is 0 Å².